The second kappa shape index (κ2) is 4.99. The zero-order valence-corrected chi connectivity index (χ0v) is 9.78. The molecule has 2 atom stereocenters. The Labute approximate surface area is 93.3 Å². The van der Waals surface area contributed by atoms with Gasteiger partial charge in [0.15, 0.2) is 0 Å². The van der Waals surface area contributed by atoms with Gasteiger partial charge in [-0.25, -0.2) is 0 Å². The Bertz CT molecular complexity index is 239. The molecule has 0 aromatic rings. The Morgan fingerprint density at radius 2 is 1.93 bits per heavy atom. The van der Waals surface area contributed by atoms with E-state index in [1.165, 1.54) is 38.6 Å². The van der Waals surface area contributed by atoms with Gasteiger partial charge in [-0.2, -0.15) is 5.26 Å². The summed E-state index contributed by atoms with van der Waals surface area (Å²) in [6, 6.07) is 3.08. The highest BCUT2D eigenvalue weighted by Crippen LogP contribution is 2.34. The number of hydrogen-bond acceptors (Lipinski definition) is 2. The minimum atomic E-state index is 0.303. The molecule has 0 N–H and O–H groups in total. The summed E-state index contributed by atoms with van der Waals surface area (Å²) in [6.45, 7) is 4.62. The van der Waals surface area contributed by atoms with Gasteiger partial charge in [0, 0.05) is 12.6 Å². The van der Waals surface area contributed by atoms with E-state index in [0.717, 1.165) is 18.9 Å². The first-order valence-electron chi connectivity index (χ1n) is 6.48. The van der Waals surface area contributed by atoms with E-state index in [9.17, 15) is 5.26 Å². The average molecular weight is 206 g/mol. The molecule has 0 aromatic heterocycles. The van der Waals surface area contributed by atoms with Crippen molar-refractivity contribution < 1.29 is 0 Å². The fourth-order valence-corrected chi connectivity index (χ4v) is 2.83. The van der Waals surface area contributed by atoms with Crippen LogP contribution in [0.15, 0.2) is 0 Å². The molecule has 0 amide bonds. The van der Waals surface area contributed by atoms with Crippen LogP contribution in [0.2, 0.25) is 0 Å². The smallest absolute Gasteiger partial charge is 0.0672 e. The lowest BCUT2D eigenvalue weighted by Gasteiger charge is -2.36. The van der Waals surface area contributed by atoms with Gasteiger partial charge < -0.3 is 0 Å². The van der Waals surface area contributed by atoms with Gasteiger partial charge in [-0.05, 0) is 38.1 Å². The Morgan fingerprint density at radius 3 is 2.53 bits per heavy atom. The first-order chi connectivity index (χ1) is 7.35. The van der Waals surface area contributed by atoms with Crippen molar-refractivity contribution in [3.8, 4) is 6.07 Å². The Kier molecular flexibility index (Phi) is 3.64. The lowest BCUT2D eigenvalue weighted by atomic mass is 9.84. The molecule has 2 rings (SSSR count). The van der Waals surface area contributed by atoms with E-state index in [1.54, 1.807) is 0 Å². The van der Waals surface area contributed by atoms with E-state index in [1.807, 2.05) is 0 Å². The van der Waals surface area contributed by atoms with E-state index >= 15 is 0 Å². The van der Waals surface area contributed by atoms with Crippen molar-refractivity contribution in [3.05, 3.63) is 0 Å². The van der Waals surface area contributed by atoms with Gasteiger partial charge in [-0.3, -0.25) is 4.90 Å². The molecule has 2 aliphatic carbocycles. The average Bonchev–Trinajstić information content (AvgIpc) is 3.10. The zero-order chi connectivity index (χ0) is 10.7. The van der Waals surface area contributed by atoms with Crippen molar-refractivity contribution in [1.29, 1.82) is 5.26 Å². The molecule has 0 radical (unpaired) electrons. The minimum absolute atomic E-state index is 0.303. The van der Waals surface area contributed by atoms with Crippen molar-refractivity contribution in [3.63, 3.8) is 0 Å². The summed E-state index contributed by atoms with van der Waals surface area (Å²) in [6.07, 6.45) is 7.79. The molecule has 2 nitrogen and oxygen atoms in total. The summed E-state index contributed by atoms with van der Waals surface area (Å²) in [7, 11) is 0. The molecule has 0 bridgehead atoms. The molecule has 0 aromatic carbocycles. The van der Waals surface area contributed by atoms with E-state index in [-0.39, 0.29) is 0 Å². The standard InChI is InChI=1S/C13H22N2/c1-2-15(10-11-7-8-11)13-6-4-3-5-12(13)9-14/h11-13H,2-8,10H2,1H3. The molecule has 0 spiro atoms. The van der Waals surface area contributed by atoms with Gasteiger partial charge in [0.05, 0.1) is 12.0 Å². The summed E-state index contributed by atoms with van der Waals surface area (Å²) < 4.78 is 0. The molecule has 2 fully saturated rings. The maximum atomic E-state index is 9.18. The first-order valence-corrected chi connectivity index (χ1v) is 6.48. The summed E-state index contributed by atoms with van der Waals surface area (Å²) in [4.78, 5) is 2.57. The Morgan fingerprint density at radius 1 is 1.20 bits per heavy atom. The van der Waals surface area contributed by atoms with Crippen LogP contribution in [-0.4, -0.2) is 24.0 Å². The van der Waals surface area contributed by atoms with Crippen LogP contribution in [0, 0.1) is 23.2 Å². The Balaban J connectivity index is 1.94. The molecule has 2 saturated carbocycles. The van der Waals surface area contributed by atoms with Crippen molar-refractivity contribution in [1.82, 2.24) is 4.90 Å². The van der Waals surface area contributed by atoms with Crippen molar-refractivity contribution in [2.24, 2.45) is 11.8 Å². The van der Waals surface area contributed by atoms with Crippen molar-refractivity contribution >= 4 is 0 Å². The number of nitrogens with zero attached hydrogens (tertiary/aromatic N) is 2. The van der Waals surface area contributed by atoms with E-state index in [4.69, 9.17) is 0 Å². The third kappa shape index (κ3) is 2.72. The van der Waals surface area contributed by atoms with Gasteiger partial charge in [-0.1, -0.05) is 19.8 Å². The maximum absolute atomic E-state index is 9.18. The maximum Gasteiger partial charge on any atom is 0.0672 e. The minimum Gasteiger partial charge on any atom is -0.299 e. The second-order valence-corrected chi connectivity index (χ2v) is 5.12. The van der Waals surface area contributed by atoms with Gasteiger partial charge in [0.25, 0.3) is 0 Å². The molecular formula is C13H22N2. The molecule has 2 aliphatic rings. The third-order valence-corrected chi connectivity index (χ3v) is 3.96. The molecule has 2 heteroatoms. The number of rotatable bonds is 4. The lowest BCUT2D eigenvalue weighted by Crippen LogP contribution is -2.43. The van der Waals surface area contributed by atoms with Crippen LogP contribution in [-0.2, 0) is 0 Å². The lowest BCUT2D eigenvalue weighted by molar-refractivity contribution is 0.128. The summed E-state index contributed by atoms with van der Waals surface area (Å²) in [5.74, 6) is 1.25. The van der Waals surface area contributed by atoms with Crippen LogP contribution in [0.5, 0.6) is 0 Å². The van der Waals surface area contributed by atoms with Gasteiger partial charge >= 0.3 is 0 Å². The summed E-state index contributed by atoms with van der Waals surface area (Å²) >= 11 is 0. The highest BCUT2D eigenvalue weighted by Gasteiger charge is 2.32. The zero-order valence-electron chi connectivity index (χ0n) is 9.78. The third-order valence-electron chi connectivity index (χ3n) is 3.96. The van der Waals surface area contributed by atoms with E-state index < -0.39 is 0 Å². The van der Waals surface area contributed by atoms with Gasteiger partial charge in [-0.15, -0.1) is 0 Å². The first kappa shape index (κ1) is 11.0. The quantitative estimate of drug-likeness (QED) is 0.707. The molecule has 15 heavy (non-hydrogen) atoms. The predicted molar refractivity (Wildman–Crippen MR) is 61.3 cm³/mol. The van der Waals surface area contributed by atoms with Crippen molar-refractivity contribution in [2.75, 3.05) is 13.1 Å². The van der Waals surface area contributed by atoms with E-state index in [2.05, 4.69) is 17.9 Å². The topological polar surface area (TPSA) is 27.0 Å². The highest BCUT2D eigenvalue weighted by molar-refractivity contribution is 4.96. The van der Waals surface area contributed by atoms with E-state index in [0.29, 0.717) is 12.0 Å². The molecule has 0 aliphatic heterocycles. The molecule has 0 saturated heterocycles. The number of nitriles is 1. The van der Waals surface area contributed by atoms with Crippen LogP contribution in [0.4, 0.5) is 0 Å². The van der Waals surface area contributed by atoms with Crippen LogP contribution in [0.3, 0.4) is 0 Å². The molecule has 2 unspecified atom stereocenters. The largest absolute Gasteiger partial charge is 0.299 e. The second-order valence-electron chi connectivity index (χ2n) is 5.12. The van der Waals surface area contributed by atoms with Crippen LogP contribution in [0.1, 0.15) is 45.4 Å². The fraction of sp³-hybridized carbons (Fsp3) is 0.923. The Hall–Kier alpha value is -0.550. The molecule has 0 heterocycles. The fourth-order valence-electron chi connectivity index (χ4n) is 2.83. The molecular weight excluding hydrogens is 184 g/mol. The van der Waals surface area contributed by atoms with Crippen LogP contribution >= 0.6 is 0 Å². The summed E-state index contributed by atoms with van der Waals surface area (Å²) in [5, 5.41) is 9.18. The SMILES string of the molecule is CCN(CC1CC1)C1CCCCC1C#N. The molecule has 84 valence electrons. The normalized spacial score (nSPS) is 31.5. The highest BCUT2D eigenvalue weighted by atomic mass is 15.2. The predicted octanol–water partition coefficient (Wildman–Crippen LogP) is 2.80. The van der Waals surface area contributed by atoms with Crippen molar-refractivity contribution in [2.45, 2.75) is 51.5 Å². The summed E-state index contributed by atoms with van der Waals surface area (Å²) in [5.41, 5.74) is 0. The van der Waals surface area contributed by atoms with Crippen LogP contribution in [0.25, 0.3) is 0 Å². The van der Waals surface area contributed by atoms with Crippen LogP contribution < -0.4 is 0 Å². The van der Waals surface area contributed by atoms with Gasteiger partial charge in [0.2, 0.25) is 0 Å². The number of hydrogen-bond donors (Lipinski definition) is 0. The monoisotopic (exact) mass is 206 g/mol. The van der Waals surface area contributed by atoms with Gasteiger partial charge in [0.1, 0.15) is 0 Å².